The molecule has 0 aromatic rings. The van der Waals surface area contributed by atoms with Crippen molar-refractivity contribution in [1.29, 1.82) is 0 Å². The molecule has 0 heterocycles. The van der Waals surface area contributed by atoms with Gasteiger partial charge in [0, 0.05) is 19.3 Å². The monoisotopic (exact) mass is 1170 g/mol. The number of hydrogen-bond donors (Lipinski definition) is 0. The van der Waals surface area contributed by atoms with Crippen LogP contribution < -0.4 is 0 Å². The van der Waals surface area contributed by atoms with Gasteiger partial charge in [-0.2, -0.15) is 0 Å². The molecule has 0 aromatic carbocycles. The highest BCUT2D eigenvalue weighted by molar-refractivity contribution is 5.71. The van der Waals surface area contributed by atoms with Crippen molar-refractivity contribution in [3.8, 4) is 0 Å². The summed E-state index contributed by atoms with van der Waals surface area (Å²) in [6, 6.07) is 0. The van der Waals surface area contributed by atoms with Gasteiger partial charge in [-0.25, -0.2) is 0 Å². The maximum absolute atomic E-state index is 12.9. The van der Waals surface area contributed by atoms with Gasteiger partial charge < -0.3 is 14.2 Å². The number of carbonyl (C=O) groups excluding carboxylic acids is 3. The minimum atomic E-state index is -0.773. The second-order valence-corrected chi connectivity index (χ2v) is 25.6. The first-order chi connectivity index (χ1) is 41.0. The average molecular weight is 1170 g/mol. The number of ether oxygens (including phenoxy) is 3. The molecule has 1 unspecified atom stereocenters. The fourth-order valence-electron chi connectivity index (χ4n) is 11.5. The first-order valence-electron chi connectivity index (χ1n) is 37.5. The quantitative estimate of drug-likeness (QED) is 0.0261. The topological polar surface area (TPSA) is 78.9 Å². The van der Waals surface area contributed by atoms with Crippen molar-refractivity contribution in [2.75, 3.05) is 13.2 Å². The summed E-state index contributed by atoms with van der Waals surface area (Å²) in [4.78, 5) is 38.3. The molecule has 0 spiro atoms. The van der Waals surface area contributed by atoms with E-state index in [-0.39, 0.29) is 31.1 Å². The Kier molecular flexibility index (Phi) is 70.0. The van der Waals surface area contributed by atoms with E-state index < -0.39 is 6.10 Å². The zero-order valence-corrected chi connectivity index (χ0v) is 56.2. The fourth-order valence-corrected chi connectivity index (χ4v) is 11.5. The van der Waals surface area contributed by atoms with E-state index >= 15 is 0 Å². The summed E-state index contributed by atoms with van der Waals surface area (Å²) in [7, 11) is 0. The highest BCUT2D eigenvalue weighted by atomic mass is 16.6. The van der Waals surface area contributed by atoms with Crippen molar-refractivity contribution in [1.82, 2.24) is 0 Å². The van der Waals surface area contributed by atoms with E-state index in [2.05, 4.69) is 57.2 Å². The largest absolute Gasteiger partial charge is 0.462 e. The molecule has 0 fully saturated rings. The summed E-state index contributed by atoms with van der Waals surface area (Å²) in [6.07, 6.45) is 90.7. The normalized spacial score (nSPS) is 12.2. The highest BCUT2D eigenvalue weighted by Crippen LogP contribution is 2.19. The van der Waals surface area contributed by atoms with Crippen molar-refractivity contribution in [3.05, 3.63) is 36.5 Å². The summed E-state index contributed by atoms with van der Waals surface area (Å²) in [5.41, 5.74) is 0. The van der Waals surface area contributed by atoms with Crippen LogP contribution in [0.3, 0.4) is 0 Å². The van der Waals surface area contributed by atoms with Gasteiger partial charge in [0.2, 0.25) is 0 Å². The standard InChI is InChI=1S/C77H144O6/c1-4-7-10-13-16-19-21-23-25-27-29-31-33-34-35-36-37-38-39-40-41-42-44-45-47-49-51-53-55-58-61-64-67-70-76(79)82-73-74(72-81-75(78)69-66-63-60-57-18-15-12-9-6-3)83-77(80)71-68-65-62-59-56-54-52-50-48-46-43-32-30-28-26-24-22-20-17-14-11-8-5-2/h22,24,28,30,43,46,74H,4-21,23,25-27,29,31-42,44-45,47-73H2,1-3H3/b24-22-,30-28-,46-43-. The molecule has 0 rings (SSSR count). The van der Waals surface area contributed by atoms with Gasteiger partial charge in [0.15, 0.2) is 6.10 Å². The molecular formula is C77H144O6. The molecule has 0 aromatic heterocycles. The molecule has 1 atom stereocenters. The molecule has 0 aliphatic heterocycles. The maximum Gasteiger partial charge on any atom is 0.306 e. The third-order valence-corrected chi connectivity index (χ3v) is 17.1. The first-order valence-corrected chi connectivity index (χ1v) is 37.5. The Morgan fingerprint density at radius 1 is 0.241 bits per heavy atom. The van der Waals surface area contributed by atoms with E-state index in [1.807, 2.05) is 0 Å². The van der Waals surface area contributed by atoms with Crippen LogP contribution in [0.5, 0.6) is 0 Å². The van der Waals surface area contributed by atoms with Crippen molar-refractivity contribution in [2.45, 2.75) is 425 Å². The van der Waals surface area contributed by atoms with Crippen molar-refractivity contribution in [2.24, 2.45) is 0 Å². The SMILES string of the molecule is CCCCCCC/C=C\C/C=C\C/C=C\CCCCCCCCCCC(=O)OC(COC(=O)CCCCCCCCCCC)COC(=O)CCCCCCCCCCCCCCCCCCCCCCCCCCCCCCCCCCC. The van der Waals surface area contributed by atoms with Crippen molar-refractivity contribution in [3.63, 3.8) is 0 Å². The number of rotatable bonds is 70. The lowest BCUT2D eigenvalue weighted by Crippen LogP contribution is -2.30. The molecule has 488 valence electrons. The third kappa shape index (κ3) is 70.3. The summed E-state index contributed by atoms with van der Waals surface area (Å²) in [5, 5.41) is 0. The maximum atomic E-state index is 12.9. The Bertz CT molecular complexity index is 1380. The van der Waals surface area contributed by atoms with E-state index in [1.165, 1.54) is 302 Å². The minimum Gasteiger partial charge on any atom is -0.462 e. The molecular weight excluding hydrogens is 1020 g/mol. The molecule has 0 saturated carbocycles. The molecule has 0 aliphatic carbocycles. The van der Waals surface area contributed by atoms with Crippen molar-refractivity contribution < 1.29 is 28.6 Å². The van der Waals surface area contributed by atoms with Crippen LogP contribution >= 0.6 is 0 Å². The molecule has 0 amide bonds. The van der Waals surface area contributed by atoms with Gasteiger partial charge in [-0.15, -0.1) is 0 Å². The summed E-state index contributed by atoms with van der Waals surface area (Å²) < 4.78 is 16.9. The first kappa shape index (κ1) is 80.6. The van der Waals surface area contributed by atoms with Crippen LogP contribution in [0.4, 0.5) is 0 Å². The Hall–Kier alpha value is -2.37. The predicted molar refractivity (Wildman–Crippen MR) is 362 cm³/mol. The molecule has 0 saturated heterocycles. The number of unbranched alkanes of at least 4 members (excludes halogenated alkanes) is 53. The second-order valence-electron chi connectivity index (χ2n) is 25.6. The smallest absolute Gasteiger partial charge is 0.306 e. The van der Waals surface area contributed by atoms with E-state index in [1.54, 1.807) is 0 Å². The fraction of sp³-hybridized carbons (Fsp3) is 0.883. The molecule has 0 radical (unpaired) electrons. The summed E-state index contributed by atoms with van der Waals surface area (Å²) in [5.74, 6) is -0.852. The zero-order valence-electron chi connectivity index (χ0n) is 56.2. The number of esters is 3. The lowest BCUT2D eigenvalue weighted by molar-refractivity contribution is -0.167. The zero-order chi connectivity index (χ0) is 59.9. The van der Waals surface area contributed by atoms with Crippen LogP contribution in [0.2, 0.25) is 0 Å². The van der Waals surface area contributed by atoms with Gasteiger partial charge in [0.25, 0.3) is 0 Å². The Morgan fingerprint density at radius 3 is 0.675 bits per heavy atom. The van der Waals surface area contributed by atoms with Gasteiger partial charge in [-0.1, -0.05) is 378 Å². The van der Waals surface area contributed by atoms with Crippen molar-refractivity contribution >= 4 is 17.9 Å². The number of hydrogen-bond acceptors (Lipinski definition) is 6. The predicted octanol–water partition coefficient (Wildman–Crippen LogP) is 25.9. The van der Waals surface area contributed by atoms with E-state index in [0.29, 0.717) is 19.3 Å². The number of allylic oxidation sites excluding steroid dienone is 6. The van der Waals surface area contributed by atoms with Crippen LogP contribution in [0.25, 0.3) is 0 Å². The van der Waals surface area contributed by atoms with E-state index in [9.17, 15) is 14.4 Å². The van der Waals surface area contributed by atoms with Crippen LogP contribution in [0.1, 0.15) is 419 Å². The van der Waals surface area contributed by atoms with Crippen LogP contribution in [-0.2, 0) is 28.6 Å². The highest BCUT2D eigenvalue weighted by Gasteiger charge is 2.20. The van der Waals surface area contributed by atoms with Crippen LogP contribution in [-0.4, -0.2) is 37.2 Å². The average Bonchev–Trinajstić information content (AvgIpc) is 3.49. The lowest BCUT2D eigenvalue weighted by Gasteiger charge is -2.18. The third-order valence-electron chi connectivity index (χ3n) is 17.1. The molecule has 83 heavy (non-hydrogen) atoms. The van der Waals surface area contributed by atoms with E-state index in [0.717, 1.165) is 77.0 Å². The van der Waals surface area contributed by atoms with Gasteiger partial charge >= 0.3 is 17.9 Å². The van der Waals surface area contributed by atoms with Crippen LogP contribution in [0.15, 0.2) is 36.5 Å². The Labute approximate surface area is 518 Å². The molecule has 0 bridgehead atoms. The summed E-state index contributed by atoms with van der Waals surface area (Å²) in [6.45, 7) is 6.68. The second kappa shape index (κ2) is 72.1. The van der Waals surface area contributed by atoms with Gasteiger partial charge in [-0.3, -0.25) is 14.4 Å². The molecule has 6 nitrogen and oxygen atoms in total. The Balaban J connectivity index is 4.04. The molecule has 0 aliphatic rings. The lowest BCUT2D eigenvalue weighted by atomic mass is 10.0. The number of carbonyl (C=O) groups is 3. The van der Waals surface area contributed by atoms with Gasteiger partial charge in [0.05, 0.1) is 0 Å². The molecule has 0 N–H and O–H groups in total. The van der Waals surface area contributed by atoms with Gasteiger partial charge in [0.1, 0.15) is 13.2 Å². The minimum absolute atomic E-state index is 0.0698. The van der Waals surface area contributed by atoms with Gasteiger partial charge in [-0.05, 0) is 57.8 Å². The molecule has 6 heteroatoms. The van der Waals surface area contributed by atoms with E-state index in [4.69, 9.17) is 14.2 Å². The summed E-state index contributed by atoms with van der Waals surface area (Å²) >= 11 is 0. The Morgan fingerprint density at radius 2 is 0.434 bits per heavy atom. The van der Waals surface area contributed by atoms with Crippen LogP contribution in [0, 0.1) is 0 Å².